The van der Waals surface area contributed by atoms with E-state index < -0.39 is 29.1 Å². The van der Waals surface area contributed by atoms with Crippen molar-refractivity contribution in [1.82, 2.24) is 15.3 Å². The van der Waals surface area contributed by atoms with E-state index in [1.165, 1.54) is 24.4 Å². The largest absolute Gasteiger partial charge is 0.530 e. The number of amides is 1. The van der Waals surface area contributed by atoms with Crippen LogP contribution in [0.15, 0.2) is 30.5 Å². The minimum absolute atomic E-state index is 0.0717. The summed E-state index contributed by atoms with van der Waals surface area (Å²) < 4.78 is 46.2. The van der Waals surface area contributed by atoms with Crippen LogP contribution in [0.2, 0.25) is 5.28 Å². The highest BCUT2D eigenvalue weighted by molar-refractivity contribution is 6.28. The van der Waals surface area contributed by atoms with E-state index in [9.17, 15) is 23.1 Å². The average molecular weight is 431 g/mol. The number of halogens is 4. The Balaban J connectivity index is 2.35. The van der Waals surface area contributed by atoms with Gasteiger partial charge in [-0.1, -0.05) is 13.8 Å². The normalized spacial score (nSPS) is 13.8. The van der Waals surface area contributed by atoms with Crippen molar-refractivity contribution in [2.75, 3.05) is 6.61 Å². The van der Waals surface area contributed by atoms with E-state index in [4.69, 9.17) is 16.3 Å². The molecule has 10 heteroatoms. The molecule has 2 aromatic rings. The summed E-state index contributed by atoms with van der Waals surface area (Å²) in [5, 5.41) is 13.1. The second-order valence-corrected chi connectivity index (χ2v) is 7.62. The number of hydrogen-bond acceptors (Lipinski definition) is 5. The number of aromatic nitrogens is 2. The predicted molar refractivity (Wildman–Crippen MR) is 99.4 cm³/mol. The van der Waals surface area contributed by atoms with Gasteiger partial charge < -0.3 is 20.0 Å². The SMILES string of the molecule is CC(C)CC(C)(COc1ccc(-c2ccnc(Cl)n2)cc1C(F)(F)F)NC(=O)[O-]. The molecule has 158 valence electrons. The van der Waals surface area contributed by atoms with Gasteiger partial charge in [-0.25, -0.2) is 9.97 Å². The Hall–Kier alpha value is -2.55. The van der Waals surface area contributed by atoms with Crippen molar-refractivity contribution in [3.8, 4) is 17.0 Å². The maximum absolute atomic E-state index is 13.6. The zero-order valence-electron chi connectivity index (χ0n) is 16.0. The summed E-state index contributed by atoms with van der Waals surface area (Å²) in [6, 6.07) is 4.92. The standard InChI is InChI=1S/C19H21ClF3N3O3/c1-11(2)9-18(3,26-17(27)28)10-29-15-5-4-12(8-13(15)19(21,22)23)14-6-7-24-16(20)25-14/h4-8,11,26H,9-10H2,1-3H3,(H,27,28)/p-1. The van der Waals surface area contributed by atoms with Gasteiger partial charge in [-0.05, 0) is 55.1 Å². The van der Waals surface area contributed by atoms with Crippen LogP contribution >= 0.6 is 11.6 Å². The smallest absolute Gasteiger partial charge is 0.419 e. The zero-order chi connectivity index (χ0) is 21.8. The molecule has 1 aromatic heterocycles. The van der Waals surface area contributed by atoms with E-state index in [0.29, 0.717) is 6.42 Å². The third-order valence-electron chi connectivity index (χ3n) is 4.02. The fraction of sp³-hybridized carbons (Fsp3) is 0.421. The Labute approximate surface area is 171 Å². The van der Waals surface area contributed by atoms with Crippen molar-refractivity contribution in [3.63, 3.8) is 0 Å². The van der Waals surface area contributed by atoms with E-state index in [-0.39, 0.29) is 29.1 Å². The van der Waals surface area contributed by atoms with Crippen LogP contribution in [0.4, 0.5) is 18.0 Å². The van der Waals surface area contributed by atoms with Crippen molar-refractivity contribution >= 4 is 17.7 Å². The van der Waals surface area contributed by atoms with E-state index in [1.54, 1.807) is 6.92 Å². The first-order chi connectivity index (χ1) is 13.4. The minimum Gasteiger partial charge on any atom is -0.530 e. The van der Waals surface area contributed by atoms with Gasteiger partial charge in [-0.3, -0.25) is 0 Å². The molecule has 0 saturated carbocycles. The minimum atomic E-state index is -4.70. The highest BCUT2D eigenvalue weighted by Gasteiger charge is 2.36. The molecule has 6 nitrogen and oxygen atoms in total. The molecular formula is C19H20ClF3N3O3-. The zero-order valence-corrected chi connectivity index (χ0v) is 16.8. The molecule has 1 N–H and O–H groups in total. The summed E-state index contributed by atoms with van der Waals surface area (Å²) >= 11 is 5.71. The maximum atomic E-state index is 13.6. The first-order valence-corrected chi connectivity index (χ1v) is 9.09. The number of carbonyl (C=O) groups is 1. The van der Waals surface area contributed by atoms with Gasteiger partial charge in [0.05, 0.1) is 16.8 Å². The molecule has 1 heterocycles. The number of ether oxygens (including phenoxy) is 1. The Morgan fingerprint density at radius 2 is 2.00 bits per heavy atom. The second-order valence-electron chi connectivity index (χ2n) is 7.28. The molecule has 0 aliphatic rings. The van der Waals surface area contributed by atoms with Crippen molar-refractivity contribution < 1.29 is 27.8 Å². The van der Waals surface area contributed by atoms with Crippen LogP contribution in [-0.4, -0.2) is 28.2 Å². The lowest BCUT2D eigenvalue weighted by atomic mass is 9.91. The molecule has 1 atom stereocenters. The number of rotatable bonds is 7. The van der Waals surface area contributed by atoms with Crippen molar-refractivity contribution in [1.29, 1.82) is 0 Å². The Bertz CT molecular complexity index is 877. The van der Waals surface area contributed by atoms with Crippen LogP contribution in [0.1, 0.15) is 32.8 Å². The van der Waals surface area contributed by atoms with Gasteiger partial charge in [-0.15, -0.1) is 0 Å². The number of nitrogens with one attached hydrogen (secondary N) is 1. The molecule has 1 unspecified atom stereocenters. The molecule has 0 aliphatic heterocycles. The quantitative estimate of drug-likeness (QED) is 0.672. The van der Waals surface area contributed by atoms with Crippen LogP contribution in [-0.2, 0) is 6.18 Å². The van der Waals surface area contributed by atoms with Gasteiger partial charge in [0.25, 0.3) is 0 Å². The molecule has 0 bridgehead atoms. The molecule has 0 fully saturated rings. The Kier molecular flexibility index (Phi) is 6.94. The van der Waals surface area contributed by atoms with Crippen molar-refractivity contribution in [2.24, 2.45) is 5.92 Å². The highest BCUT2D eigenvalue weighted by atomic mass is 35.5. The van der Waals surface area contributed by atoms with Gasteiger partial charge in [-0.2, -0.15) is 13.2 Å². The number of benzene rings is 1. The molecule has 0 radical (unpaired) electrons. The Morgan fingerprint density at radius 1 is 1.31 bits per heavy atom. The summed E-state index contributed by atoms with van der Waals surface area (Å²) in [5.74, 6) is -0.348. The lowest BCUT2D eigenvalue weighted by Crippen LogP contribution is -2.55. The average Bonchev–Trinajstić information content (AvgIpc) is 2.57. The topological polar surface area (TPSA) is 87.2 Å². The van der Waals surface area contributed by atoms with E-state index >= 15 is 0 Å². The van der Waals surface area contributed by atoms with Gasteiger partial charge in [0, 0.05) is 11.8 Å². The monoisotopic (exact) mass is 430 g/mol. The molecule has 29 heavy (non-hydrogen) atoms. The third kappa shape index (κ3) is 6.49. The third-order valence-corrected chi connectivity index (χ3v) is 4.20. The molecule has 0 saturated heterocycles. The van der Waals surface area contributed by atoms with Crippen LogP contribution in [0.3, 0.4) is 0 Å². The number of carbonyl (C=O) groups excluding carboxylic acids is 1. The number of nitrogens with zero attached hydrogens (tertiary/aromatic N) is 2. The summed E-state index contributed by atoms with van der Waals surface area (Å²) in [7, 11) is 0. The van der Waals surface area contributed by atoms with Crippen molar-refractivity contribution in [3.05, 3.63) is 41.3 Å². The maximum Gasteiger partial charge on any atom is 0.419 e. The van der Waals surface area contributed by atoms with Crippen LogP contribution in [0.5, 0.6) is 5.75 Å². The Morgan fingerprint density at radius 3 is 2.55 bits per heavy atom. The first kappa shape index (κ1) is 22.7. The molecule has 1 aromatic carbocycles. The van der Waals surface area contributed by atoms with Crippen LogP contribution < -0.4 is 15.2 Å². The van der Waals surface area contributed by atoms with Crippen molar-refractivity contribution in [2.45, 2.75) is 38.9 Å². The van der Waals surface area contributed by atoms with Gasteiger partial charge in [0.1, 0.15) is 18.4 Å². The highest BCUT2D eigenvalue weighted by Crippen LogP contribution is 2.39. The van der Waals surface area contributed by atoms with Crippen LogP contribution in [0, 0.1) is 5.92 Å². The molecule has 0 spiro atoms. The number of alkyl halides is 3. The van der Waals surface area contributed by atoms with Crippen LogP contribution in [0.25, 0.3) is 11.3 Å². The van der Waals surface area contributed by atoms with E-state index in [1.807, 2.05) is 13.8 Å². The number of hydrogen-bond donors (Lipinski definition) is 1. The first-order valence-electron chi connectivity index (χ1n) is 8.72. The summed E-state index contributed by atoms with van der Waals surface area (Å²) in [6.07, 6.45) is -4.53. The molecule has 0 aliphatic carbocycles. The summed E-state index contributed by atoms with van der Waals surface area (Å²) in [5.41, 5.74) is -1.71. The van der Waals surface area contributed by atoms with Gasteiger partial charge >= 0.3 is 6.18 Å². The van der Waals surface area contributed by atoms with Gasteiger partial charge in [0.15, 0.2) is 0 Å². The lowest BCUT2D eigenvalue weighted by Gasteiger charge is -2.34. The second kappa shape index (κ2) is 8.86. The fourth-order valence-electron chi connectivity index (χ4n) is 3.06. The summed E-state index contributed by atoms with van der Waals surface area (Å²) in [4.78, 5) is 18.6. The van der Waals surface area contributed by atoms with E-state index in [0.717, 1.165) is 6.07 Å². The fourth-order valence-corrected chi connectivity index (χ4v) is 3.21. The number of carboxylic acid groups (broad SMARTS) is 1. The summed E-state index contributed by atoms with van der Waals surface area (Å²) in [6.45, 7) is 4.96. The predicted octanol–water partition coefficient (Wildman–Crippen LogP) is 3.93. The van der Waals surface area contributed by atoms with Gasteiger partial charge in [0.2, 0.25) is 5.28 Å². The lowest BCUT2D eigenvalue weighted by molar-refractivity contribution is -0.253. The molecular weight excluding hydrogens is 411 g/mol. The van der Waals surface area contributed by atoms with E-state index in [2.05, 4.69) is 15.3 Å². The molecule has 2 rings (SSSR count). The molecule has 1 amide bonds.